The predicted molar refractivity (Wildman–Crippen MR) is 69.6 cm³/mol. The number of nitrogens with zero attached hydrogens (tertiary/aromatic N) is 1. The third kappa shape index (κ3) is 3.23. The Morgan fingerprint density at radius 1 is 1.32 bits per heavy atom. The number of hydrogen-bond acceptors (Lipinski definition) is 5. The van der Waals surface area contributed by atoms with Gasteiger partial charge >= 0.3 is 0 Å². The fourth-order valence-electron chi connectivity index (χ4n) is 2.06. The van der Waals surface area contributed by atoms with Crippen molar-refractivity contribution in [3.8, 4) is 0 Å². The Labute approximate surface area is 111 Å². The first-order chi connectivity index (χ1) is 9.09. The first-order valence-corrected chi connectivity index (χ1v) is 6.17. The van der Waals surface area contributed by atoms with Crippen LogP contribution in [0.1, 0.15) is 11.7 Å². The molecule has 0 saturated carbocycles. The lowest BCUT2D eigenvalue weighted by molar-refractivity contribution is -0.131. The molecule has 1 amide bonds. The molecule has 1 aromatic carbocycles. The minimum Gasteiger partial charge on any atom is -0.385 e. The number of nitrogens with two attached hydrogens (primary N) is 1. The maximum absolute atomic E-state index is 10.9. The molecule has 2 rings (SSSR count). The zero-order valence-electron chi connectivity index (χ0n) is 10.5. The van der Waals surface area contributed by atoms with Crippen LogP contribution < -0.4 is 10.6 Å². The Kier molecular flexibility index (Phi) is 4.36. The maximum atomic E-state index is 10.9. The number of primary amides is 1. The van der Waals surface area contributed by atoms with Crippen molar-refractivity contribution < 1.29 is 19.7 Å². The van der Waals surface area contributed by atoms with Crippen molar-refractivity contribution in [1.29, 1.82) is 0 Å². The minimum absolute atomic E-state index is 0.468. The van der Waals surface area contributed by atoms with E-state index in [9.17, 15) is 15.0 Å². The predicted octanol–water partition coefficient (Wildman–Crippen LogP) is -0.597. The number of rotatable bonds is 4. The van der Waals surface area contributed by atoms with Gasteiger partial charge in [0.1, 0.15) is 6.10 Å². The van der Waals surface area contributed by atoms with Crippen molar-refractivity contribution in [2.45, 2.75) is 12.2 Å². The summed E-state index contributed by atoms with van der Waals surface area (Å²) < 4.78 is 5.28. The molecule has 0 radical (unpaired) electrons. The Morgan fingerprint density at radius 3 is 2.63 bits per heavy atom. The van der Waals surface area contributed by atoms with E-state index in [1.54, 1.807) is 18.2 Å². The van der Waals surface area contributed by atoms with Crippen molar-refractivity contribution in [2.75, 3.05) is 31.2 Å². The molecule has 0 aromatic heterocycles. The molecule has 0 aliphatic carbocycles. The Morgan fingerprint density at radius 2 is 2.00 bits per heavy atom. The van der Waals surface area contributed by atoms with Gasteiger partial charge in [0.25, 0.3) is 0 Å². The van der Waals surface area contributed by atoms with E-state index in [1.165, 1.54) is 0 Å². The molecular weight excluding hydrogens is 248 g/mol. The number of benzene rings is 1. The number of aliphatic hydroxyl groups excluding tert-OH is 2. The molecule has 6 heteroatoms. The number of carbonyl (C=O) groups excluding carboxylic acids is 1. The summed E-state index contributed by atoms with van der Waals surface area (Å²) in [6.07, 6.45) is -2.90. The summed E-state index contributed by atoms with van der Waals surface area (Å²) in [5, 5.41) is 19.4. The Balaban J connectivity index is 2.16. The first kappa shape index (κ1) is 13.8. The van der Waals surface area contributed by atoms with Gasteiger partial charge in [-0.1, -0.05) is 12.1 Å². The Bertz CT molecular complexity index is 446. The summed E-state index contributed by atoms with van der Waals surface area (Å²) in [6.45, 7) is 2.88. The molecule has 19 heavy (non-hydrogen) atoms. The number of morpholine rings is 1. The van der Waals surface area contributed by atoms with Gasteiger partial charge < -0.3 is 25.6 Å². The molecule has 1 aromatic rings. The van der Waals surface area contributed by atoms with Gasteiger partial charge in [-0.05, 0) is 17.7 Å². The summed E-state index contributed by atoms with van der Waals surface area (Å²) in [6, 6.07) is 7.10. The third-order valence-electron chi connectivity index (χ3n) is 3.18. The van der Waals surface area contributed by atoms with Gasteiger partial charge in [0.05, 0.1) is 13.2 Å². The molecule has 1 saturated heterocycles. The van der Waals surface area contributed by atoms with Crippen LogP contribution in [0, 0.1) is 0 Å². The van der Waals surface area contributed by atoms with Gasteiger partial charge in [0.2, 0.25) is 5.91 Å². The van der Waals surface area contributed by atoms with Crippen LogP contribution in [-0.2, 0) is 9.53 Å². The van der Waals surface area contributed by atoms with E-state index in [0.29, 0.717) is 18.8 Å². The van der Waals surface area contributed by atoms with Gasteiger partial charge in [-0.15, -0.1) is 0 Å². The fraction of sp³-hybridized carbons (Fsp3) is 0.462. The van der Waals surface area contributed by atoms with E-state index >= 15 is 0 Å². The number of hydrogen-bond donors (Lipinski definition) is 3. The second-order valence-corrected chi connectivity index (χ2v) is 4.49. The van der Waals surface area contributed by atoms with Crippen LogP contribution >= 0.6 is 0 Å². The largest absolute Gasteiger partial charge is 0.385 e. The highest BCUT2D eigenvalue weighted by Gasteiger charge is 2.24. The fourth-order valence-corrected chi connectivity index (χ4v) is 2.06. The average Bonchev–Trinajstić information content (AvgIpc) is 2.46. The molecule has 0 bridgehead atoms. The number of ether oxygens (including phenoxy) is 1. The van der Waals surface area contributed by atoms with Crippen LogP contribution in [0.3, 0.4) is 0 Å². The number of carbonyl (C=O) groups is 1. The zero-order valence-corrected chi connectivity index (χ0v) is 10.5. The van der Waals surface area contributed by atoms with Crippen molar-refractivity contribution in [1.82, 2.24) is 0 Å². The van der Waals surface area contributed by atoms with Crippen LogP contribution in [-0.4, -0.2) is 48.5 Å². The van der Waals surface area contributed by atoms with Crippen molar-refractivity contribution >= 4 is 11.6 Å². The molecule has 4 N–H and O–H groups in total. The van der Waals surface area contributed by atoms with Crippen LogP contribution in [0.15, 0.2) is 24.3 Å². The molecule has 6 nitrogen and oxygen atoms in total. The number of anilines is 1. The highest BCUT2D eigenvalue weighted by molar-refractivity contribution is 5.79. The van der Waals surface area contributed by atoms with Crippen molar-refractivity contribution in [2.24, 2.45) is 5.73 Å². The highest BCUT2D eigenvalue weighted by atomic mass is 16.5. The normalized spacial score (nSPS) is 18.9. The quantitative estimate of drug-likeness (QED) is 0.676. The smallest absolute Gasteiger partial charge is 0.249 e. The van der Waals surface area contributed by atoms with E-state index in [2.05, 4.69) is 4.90 Å². The SMILES string of the molecule is NC(=O)C(O)C(O)c1cccc(N2CCOCC2)c1. The summed E-state index contributed by atoms with van der Waals surface area (Å²) in [5.74, 6) is -0.940. The summed E-state index contributed by atoms with van der Waals surface area (Å²) >= 11 is 0. The van der Waals surface area contributed by atoms with E-state index < -0.39 is 18.1 Å². The van der Waals surface area contributed by atoms with Gasteiger partial charge in [-0.25, -0.2) is 0 Å². The topological polar surface area (TPSA) is 96.0 Å². The molecule has 2 unspecified atom stereocenters. The average molecular weight is 266 g/mol. The lowest BCUT2D eigenvalue weighted by Gasteiger charge is -2.29. The van der Waals surface area contributed by atoms with E-state index in [-0.39, 0.29) is 0 Å². The second kappa shape index (κ2) is 6.01. The Hall–Kier alpha value is -1.63. The molecule has 0 spiro atoms. The van der Waals surface area contributed by atoms with Crippen molar-refractivity contribution in [3.05, 3.63) is 29.8 Å². The molecule has 1 fully saturated rings. The van der Waals surface area contributed by atoms with Gasteiger partial charge in [0, 0.05) is 18.8 Å². The van der Waals surface area contributed by atoms with E-state index in [0.717, 1.165) is 18.8 Å². The van der Waals surface area contributed by atoms with Crippen LogP contribution in [0.2, 0.25) is 0 Å². The molecule has 1 heterocycles. The van der Waals surface area contributed by atoms with Crippen molar-refractivity contribution in [3.63, 3.8) is 0 Å². The zero-order chi connectivity index (χ0) is 13.8. The van der Waals surface area contributed by atoms with E-state index in [4.69, 9.17) is 10.5 Å². The molecule has 1 aliphatic heterocycles. The van der Waals surface area contributed by atoms with Gasteiger partial charge in [0.15, 0.2) is 6.10 Å². The van der Waals surface area contributed by atoms with Crippen LogP contribution in [0.4, 0.5) is 5.69 Å². The van der Waals surface area contributed by atoms with Gasteiger partial charge in [-0.3, -0.25) is 4.79 Å². The highest BCUT2D eigenvalue weighted by Crippen LogP contribution is 2.23. The monoisotopic (exact) mass is 266 g/mol. The molecule has 104 valence electrons. The standard InChI is InChI=1S/C13H18N2O4/c14-13(18)12(17)11(16)9-2-1-3-10(8-9)15-4-6-19-7-5-15/h1-3,8,11-12,16-17H,4-7H2,(H2,14,18). The number of aliphatic hydroxyl groups is 2. The second-order valence-electron chi connectivity index (χ2n) is 4.49. The molecule has 1 aliphatic rings. The lowest BCUT2D eigenvalue weighted by atomic mass is 10.0. The third-order valence-corrected chi connectivity index (χ3v) is 3.18. The molecule has 2 atom stereocenters. The van der Waals surface area contributed by atoms with Gasteiger partial charge in [-0.2, -0.15) is 0 Å². The van der Waals surface area contributed by atoms with Crippen LogP contribution in [0.5, 0.6) is 0 Å². The summed E-state index contributed by atoms with van der Waals surface area (Å²) in [7, 11) is 0. The van der Waals surface area contributed by atoms with Crippen LogP contribution in [0.25, 0.3) is 0 Å². The first-order valence-electron chi connectivity index (χ1n) is 6.17. The summed E-state index contributed by atoms with van der Waals surface area (Å²) in [5.41, 5.74) is 6.37. The molecular formula is C13H18N2O4. The summed E-state index contributed by atoms with van der Waals surface area (Å²) in [4.78, 5) is 13.0. The number of amides is 1. The lowest BCUT2D eigenvalue weighted by Crippen LogP contribution is -2.36. The minimum atomic E-state index is -1.60. The maximum Gasteiger partial charge on any atom is 0.249 e. The van der Waals surface area contributed by atoms with E-state index in [1.807, 2.05) is 6.07 Å².